The minimum Gasteiger partial charge on any atom is -0.324 e. The van der Waals surface area contributed by atoms with Crippen molar-refractivity contribution in [3.63, 3.8) is 0 Å². The van der Waals surface area contributed by atoms with Crippen LogP contribution >= 0.6 is 23.2 Å². The zero-order valence-electron chi connectivity index (χ0n) is 16.7. The van der Waals surface area contributed by atoms with Gasteiger partial charge in [-0.05, 0) is 62.2 Å². The standard InChI is InChI=1S/C23H19Cl2N3O3/c1-11-15(25)9-8-14-19(11)26-22(31)23(14)18-17(16-3-2-10-27(16)23)20(29)28(21(18)30)13-6-4-12(24)5-7-13/h4-9,16-18H,2-3,10H2,1H3,(H,26,31)/t16-,17-,18-,23-/m0/s1. The lowest BCUT2D eigenvalue weighted by Gasteiger charge is -2.36. The first-order valence-electron chi connectivity index (χ1n) is 10.4. The van der Waals surface area contributed by atoms with E-state index in [4.69, 9.17) is 23.2 Å². The molecule has 2 aromatic carbocycles. The normalized spacial score (nSPS) is 31.4. The molecule has 31 heavy (non-hydrogen) atoms. The van der Waals surface area contributed by atoms with Crippen LogP contribution in [0.25, 0.3) is 0 Å². The number of benzene rings is 2. The predicted molar refractivity (Wildman–Crippen MR) is 117 cm³/mol. The average Bonchev–Trinajstić information content (AvgIpc) is 3.45. The summed E-state index contributed by atoms with van der Waals surface area (Å²) in [6.45, 7) is 2.53. The molecule has 8 heteroatoms. The number of carbonyl (C=O) groups excluding carboxylic acids is 3. The van der Waals surface area contributed by atoms with Crippen LogP contribution in [0.5, 0.6) is 0 Å². The van der Waals surface area contributed by atoms with E-state index in [2.05, 4.69) is 10.2 Å². The average molecular weight is 456 g/mol. The van der Waals surface area contributed by atoms with E-state index < -0.39 is 17.4 Å². The van der Waals surface area contributed by atoms with Crippen molar-refractivity contribution in [3.05, 3.63) is 57.6 Å². The second kappa shape index (κ2) is 6.31. The van der Waals surface area contributed by atoms with Gasteiger partial charge in [-0.2, -0.15) is 0 Å². The van der Waals surface area contributed by atoms with Crippen molar-refractivity contribution in [2.24, 2.45) is 11.8 Å². The maximum absolute atomic E-state index is 13.8. The Labute approximate surface area is 189 Å². The van der Waals surface area contributed by atoms with Gasteiger partial charge in [0.1, 0.15) is 5.54 Å². The molecule has 2 aromatic rings. The van der Waals surface area contributed by atoms with Gasteiger partial charge in [-0.25, -0.2) is 4.90 Å². The van der Waals surface area contributed by atoms with Crippen LogP contribution in [0.1, 0.15) is 24.0 Å². The summed E-state index contributed by atoms with van der Waals surface area (Å²) in [7, 11) is 0. The molecule has 0 saturated carbocycles. The van der Waals surface area contributed by atoms with Crippen LogP contribution in [0, 0.1) is 18.8 Å². The molecule has 0 aliphatic carbocycles. The Morgan fingerprint density at radius 3 is 2.52 bits per heavy atom. The van der Waals surface area contributed by atoms with Gasteiger partial charge in [0.05, 0.1) is 23.2 Å². The maximum Gasteiger partial charge on any atom is 0.250 e. The van der Waals surface area contributed by atoms with E-state index in [0.29, 0.717) is 28.0 Å². The first kappa shape index (κ1) is 19.3. The fraction of sp³-hybridized carbons (Fsp3) is 0.348. The van der Waals surface area contributed by atoms with E-state index in [1.54, 1.807) is 30.3 Å². The summed E-state index contributed by atoms with van der Waals surface area (Å²) >= 11 is 12.3. The van der Waals surface area contributed by atoms with Crippen molar-refractivity contribution in [1.82, 2.24) is 4.90 Å². The number of fused-ring (bicyclic) bond motifs is 7. The van der Waals surface area contributed by atoms with E-state index in [0.717, 1.165) is 24.0 Å². The molecule has 4 atom stereocenters. The molecule has 0 unspecified atom stereocenters. The lowest BCUT2D eigenvalue weighted by atomic mass is 9.75. The molecule has 3 amide bonds. The summed E-state index contributed by atoms with van der Waals surface area (Å²) < 4.78 is 0. The van der Waals surface area contributed by atoms with E-state index in [1.807, 2.05) is 13.0 Å². The minimum atomic E-state index is -1.19. The number of carbonyl (C=O) groups is 3. The van der Waals surface area contributed by atoms with Crippen molar-refractivity contribution in [2.45, 2.75) is 31.3 Å². The first-order valence-corrected chi connectivity index (χ1v) is 11.1. The van der Waals surface area contributed by atoms with Gasteiger partial charge in [-0.15, -0.1) is 0 Å². The molecule has 3 saturated heterocycles. The number of halogens is 2. The summed E-state index contributed by atoms with van der Waals surface area (Å²) in [6.07, 6.45) is 1.67. The second-order valence-electron chi connectivity index (χ2n) is 8.71. The van der Waals surface area contributed by atoms with Crippen LogP contribution in [-0.4, -0.2) is 35.2 Å². The van der Waals surface area contributed by atoms with Crippen molar-refractivity contribution in [1.29, 1.82) is 0 Å². The van der Waals surface area contributed by atoms with Gasteiger partial charge < -0.3 is 5.32 Å². The Balaban J connectivity index is 1.56. The van der Waals surface area contributed by atoms with Crippen LogP contribution in [0.4, 0.5) is 11.4 Å². The van der Waals surface area contributed by atoms with Crippen LogP contribution < -0.4 is 10.2 Å². The van der Waals surface area contributed by atoms with Gasteiger partial charge in [0.2, 0.25) is 17.7 Å². The molecule has 1 spiro atoms. The highest BCUT2D eigenvalue weighted by Gasteiger charge is 2.74. The number of amides is 3. The molecular formula is C23H19Cl2N3O3. The zero-order valence-corrected chi connectivity index (χ0v) is 18.2. The number of nitrogens with zero attached hydrogens (tertiary/aromatic N) is 2. The number of hydrogen-bond acceptors (Lipinski definition) is 4. The number of nitrogens with one attached hydrogen (secondary N) is 1. The third-order valence-corrected chi connectivity index (χ3v) is 8.11. The largest absolute Gasteiger partial charge is 0.324 e. The van der Waals surface area contributed by atoms with Gasteiger partial charge in [-0.1, -0.05) is 29.3 Å². The lowest BCUT2D eigenvalue weighted by molar-refractivity contribution is -0.135. The summed E-state index contributed by atoms with van der Waals surface area (Å²) in [5.41, 5.74) is 1.48. The quantitative estimate of drug-likeness (QED) is 0.665. The molecule has 158 valence electrons. The molecule has 1 N–H and O–H groups in total. The van der Waals surface area contributed by atoms with Crippen molar-refractivity contribution >= 4 is 52.3 Å². The van der Waals surface area contributed by atoms with Crippen molar-refractivity contribution in [3.8, 4) is 0 Å². The Bertz CT molecular complexity index is 1180. The fourth-order valence-electron chi connectivity index (χ4n) is 6.24. The third-order valence-electron chi connectivity index (χ3n) is 7.45. The highest BCUT2D eigenvalue weighted by atomic mass is 35.5. The zero-order chi connectivity index (χ0) is 21.7. The van der Waals surface area contributed by atoms with Gasteiger partial charge in [-0.3, -0.25) is 19.3 Å². The molecule has 6 nitrogen and oxygen atoms in total. The van der Waals surface area contributed by atoms with Gasteiger partial charge in [0.15, 0.2) is 0 Å². The molecule has 4 aliphatic rings. The predicted octanol–water partition coefficient (Wildman–Crippen LogP) is 3.73. The van der Waals surface area contributed by atoms with E-state index in [9.17, 15) is 14.4 Å². The van der Waals surface area contributed by atoms with E-state index >= 15 is 0 Å². The van der Waals surface area contributed by atoms with Gasteiger partial charge in [0.25, 0.3) is 0 Å². The van der Waals surface area contributed by atoms with Crippen molar-refractivity contribution in [2.75, 3.05) is 16.8 Å². The second-order valence-corrected chi connectivity index (χ2v) is 9.55. The number of imide groups is 1. The SMILES string of the molecule is Cc1c(Cl)ccc2c1NC(=O)[C@@]21[C@@H]2C(=O)N(c3ccc(Cl)cc3)C(=O)[C@H]2[C@@H]2CCCN21. The monoisotopic (exact) mass is 455 g/mol. The summed E-state index contributed by atoms with van der Waals surface area (Å²) in [5, 5.41) is 4.08. The first-order chi connectivity index (χ1) is 14.9. The smallest absolute Gasteiger partial charge is 0.250 e. The van der Waals surface area contributed by atoms with Gasteiger partial charge in [0, 0.05) is 21.7 Å². The Kier molecular flexibility index (Phi) is 3.93. The van der Waals surface area contributed by atoms with E-state index in [-0.39, 0.29) is 23.8 Å². The van der Waals surface area contributed by atoms with Crippen molar-refractivity contribution < 1.29 is 14.4 Å². The fourth-order valence-corrected chi connectivity index (χ4v) is 6.52. The Morgan fingerprint density at radius 2 is 1.77 bits per heavy atom. The summed E-state index contributed by atoms with van der Waals surface area (Å²) in [4.78, 5) is 44.4. The topological polar surface area (TPSA) is 69.7 Å². The molecule has 0 bridgehead atoms. The molecule has 0 aromatic heterocycles. The lowest BCUT2D eigenvalue weighted by Crippen LogP contribution is -2.54. The van der Waals surface area contributed by atoms with E-state index in [1.165, 1.54) is 4.90 Å². The highest BCUT2D eigenvalue weighted by Crippen LogP contribution is 2.61. The minimum absolute atomic E-state index is 0.147. The van der Waals surface area contributed by atoms with Crippen LogP contribution in [0.3, 0.4) is 0 Å². The molecule has 0 radical (unpaired) electrons. The maximum atomic E-state index is 13.8. The van der Waals surface area contributed by atoms with Crippen LogP contribution in [0.2, 0.25) is 10.0 Å². The molecular weight excluding hydrogens is 437 g/mol. The van der Waals surface area contributed by atoms with Gasteiger partial charge >= 0.3 is 0 Å². The Morgan fingerprint density at radius 1 is 1.03 bits per heavy atom. The Hall–Kier alpha value is -2.41. The third kappa shape index (κ3) is 2.20. The summed E-state index contributed by atoms with van der Waals surface area (Å²) in [5.74, 6) is -2.15. The molecule has 4 aliphatic heterocycles. The highest BCUT2D eigenvalue weighted by molar-refractivity contribution is 6.32. The molecule has 3 fully saturated rings. The number of anilines is 2. The molecule has 4 heterocycles. The summed E-state index contributed by atoms with van der Waals surface area (Å²) in [6, 6.07) is 10.1. The van der Waals surface area contributed by atoms with Crippen LogP contribution in [0.15, 0.2) is 36.4 Å². The molecule has 6 rings (SSSR count). The number of hydrogen-bond donors (Lipinski definition) is 1. The van der Waals surface area contributed by atoms with Crippen LogP contribution in [-0.2, 0) is 19.9 Å². The number of rotatable bonds is 1.